The maximum atomic E-state index is 12.6. The second-order valence-corrected chi connectivity index (χ2v) is 6.00. The summed E-state index contributed by atoms with van der Waals surface area (Å²) in [6, 6.07) is 17.1. The second kappa shape index (κ2) is 7.17. The summed E-state index contributed by atoms with van der Waals surface area (Å²) in [7, 11) is 0. The number of para-hydroxylation sites is 1. The summed E-state index contributed by atoms with van der Waals surface area (Å²) in [6.07, 6.45) is 0.112. The van der Waals surface area contributed by atoms with Crippen LogP contribution in [-0.2, 0) is 14.4 Å². The van der Waals surface area contributed by atoms with Crippen LogP contribution >= 0.6 is 0 Å². The number of carbonyl (C=O) groups is 3. The van der Waals surface area contributed by atoms with E-state index in [1.54, 1.807) is 29.2 Å². The van der Waals surface area contributed by atoms with E-state index in [1.807, 2.05) is 36.4 Å². The Balaban J connectivity index is 1.71. The standard InChI is InChI=1S/C19H19N3O3/c20-18(24)17(13-7-3-1-4-8-13)21-19(25)14-11-16(23)22(12-14)15-9-5-2-6-10-15/h1-10,14,17H,11-12H2,(H2,20,24)(H,21,25). The Kier molecular flexibility index (Phi) is 4.79. The number of hydrogen-bond acceptors (Lipinski definition) is 3. The number of nitrogens with two attached hydrogens (primary N) is 1. The zero-order chi connectivity index (χ0) is 17.8. The van der Waals surface area contributed by atoms with Crippen molar-refractivity contribution in [1.82, 2.24) is 5.32 Å². The van der Waals surface area contributed by atoms with Crippen LogP contribution in [0.15, 0.2) is 60.7 Å². The molecule has 0 aliphatic carbocycles. The maximum absolute atomic E-state index is 12.6. The number of benzene rings is 2. The number of rotatable bonds is 5. The molecular weight excluding hydrogens is 318 g/mol. The Morgan fingerprint density at radius 3 is 2.24 bits per heavy atom. The second-order valence-electron chi connectivity index (χ2n) is 6.00. The van der Waals surface area contributed by atoms with Gasteiger partial charge in [-0.15, -0.1) is 0 Å². The van der Waals surface area contributed by atoms with Crippen molar-refractivity contribution in [2.24, 2.45) is 11.7 Å². The number of amides is 3. The number of nitrogens with zero attached hydrogens (tertiary/aromatic N) is 1. The molecule has 0 saturated carbocycles. The van der Waals surface area contributed by atoms with Crippen LogP contribution in [0, 0.1) is 5.92 Å². The molecule has 1 fully saturated rings. The smallest absolute Gasteiger partial charge is 0.244 e. The van der Waals surface area contributed by atoms with Crippen molar-refractivity contribution in [3.8, 4) is 0 Å². The van der Waals surface area contributed by atoms with Gasteiger partial charge in [0, 0.05) is 18.7 Å². The molecule has 3 amide bonds. The van der Waals surface area contributed by atoms with Gasteiger partial charge in [-0.25, -0.2) is 0 Å². The highest BCUT2D eigenvalue weighted by Gasteiger charge is 2.36. The zero-order valence-corrected chi connectivity index (χ0v) is 13.6. The lowest BCUT2D eigenvalue weighted by Crippen LogP contribution is -2.41. The van der Waals surface area contributed by atoms with Crippen molar-refractivity contribution < 1.29 is 14.4 Å². The Morgan fingerprint density at radius 2 is 1.64 bits per heavy atom. The van der Waals surface area contributed by atoms with E-state index in [-0.39, 0.29) is 24.8 Å². The molecule has 2 atom stereocenters. The SMILES string of the molecule is NC(=O)C(NC(=O)C1CC(=O)N(c2ccccc2)C1)c1ccccc1. The van der Waals surface area contributed by atoms with Crippen LogP contribution in [0.4, 0.5) is 5.69 Å². The van der Waals surface area contributed by atoms with Crippen LogP contribution in [0.25, 0.3) is 0 Å². The monoisotopic (exact) mass is 337 g/mol. The number of carbonyl (C=O) groups excluding carboxylic acids is 3. The van der Waals surface area contributed by atoms with Gasteiger partial charge in [-0.05, 0) is 17.7 Å². The van der Waals surface area contributed by atoms with E-state index in [1.165, 1.54) is 0 Å². The molecule has 1 heterocycles. The van der Waals surface area contributed by atoms with Crippen LogP contribution < -0.4 is 16.0 Å². The van der Waals surface area contributed by atoms with E-state index in [0.29, 0.717) is 5.56 Å². The van der Waals surface area contributed by atoms with Gasteiger partial charge >= 0.3 is 0 Å². The summed E-state index contributed by atoms with van der Waals surface area (Å²) in [5, 5.41) is 2.67. The third kappa shape index (κ3) is 3.68. The van der Waals surface area contributed by atoms with E-state index in [9.17, 15) is 14.4 Å². The lowest BCUT2D eigenvalue weighted by molar-refractivity contribution is -0.130. The fourth-order valence-corrected chi connectivity index (χ4v) is 2.97. The molecule has 3 rings (SSSR count). The number of anilines is 1. The Morgan fingerprint density at radius 1 is 1.04 bits per heavy atom. The van der Waals surface area contributed by atoms with Crippen molar-refractivity contribution in [2.75, 3.05) is 11.4 Å². The highest BCUT2D eigenvalue weighted by atomic mass is 16.2. The molecule has 6 nitrogen and oxygen atoms in total. The van der Waals surface area contributed by atoms with Gasteiger partial charge in [0.15, 0.2) is 0 Å². The predicted octanol–water partition coefficient (Wildman–Crippen LogP) is 1.38. The fourth-order valence-electron chi connectivity index (χ4n) is 2.97. The van der Waals surface area contributed by atoms with Gasteiger partial charge in [0.05, 0.1) is 5.92 Å². The van der Waals surface area contributed by atoms with Crippen LogP contribution in [0.5, 0.6) is 0 Å². The van der Waals surface area contributed by atoms with Gasteiger partial charge < -0.3 is 16.0 Å². The number of primary amides is 1. The molecule has 3 N–H and O–H groups in total. The van der Waals surface area contributed by atoms with Crippen molar-refractivity contribution in [3.63, 3.8) is 0 Å². The van der Waals surface area contributed by atoms with Crippen molar-refractivity contribution in [1.29, 1.82) is 0 Å². The summed E-state index contributed by atoms with van der Waals surface area (Å²) < 4.78 is 0. The zero-order valence-electron chi connectivity index (χ0n) is 13.6. The topological polar surface area (TPSA) is 92.5 Å². The van der Waals surface area contributed by atoms with Gasteiger partial charge in [-0.2, -0.15) is 0 Å². The average molecular weight is 337 g/mol. The average Bonchev–Trinajstić information content (AvgIpc) is 3.02. The predicted molar refractivity (Wildman–Crippen MR) is 93.4 cm³/mol. The summed E-state index contributed by atoms with van der Waals surface area (Å²) in [6.45, 7) is 0.287. The molecule has 0 aromatic heterocycles. The lowest BCUT2D eigenvalue weighted by atomic mass is 10.0. The summed E-state index contributed by atoms with van der Waals surface area (Å²) in [5.74, 6) is -1.61. The van der Waals surface area contributed by atoms with Crippen LogP contribution in [0.3, 0.4) is 0 Å². The van der Waals surface area contributed by atoms with Gasteiger partial charge in [0.1, 0.15) is 6.04 Å². The molecular formula is C19H19N3O3. The number of nitrogens with one attached hydrogen (secondary N) is 1. The van der Waals surface area contributed by atoms with E-state index < -0.39 is 17.9 Å². The Bertz CT molecular complexity index is 777. The molecule has 25 heavy (non-hydrogen) atoms. The number of hydrogen-bond donors (Lipinski definition) is 2. The van der Waals surface area contributed by atoms with Gasteiger partial charge in [0.25, 0.3) is 0 Å². The first kappa shape index (κ1) is 16.7. The van der Waals surface area contributed by atoms with E-state index in [4.69, 9.17) is 5.73 Å². The minimum absolute atomic E-state index is 0.110. The molecule has 1 aliphatic heterocycles. The molecule has 2 unspecified atom stereocenters. The minimum atomic E-state index is -0.908. The fraction of sp³-hybridized carbons (Fsp3) is 0.211. The van der Waals surface area contributed by atoms with E-state index in [2.05, 4.69) is 5.32 Å². The Labute approximate surface area is 145 Å². The van der Waals surface area contributed by atoms with Crippen molar-refractivity contribution in [2.45, 2.75) is 12.5 Å². The quantitative estimate of drug-likeness (QED) is 0.863. The van der Waals surface area contributed by atoms with E-state index in [0.717, 1.165) is 5.69 Å². The van der Waals surface area contributed by atoms with Crippen LogP contribution in [0.1, 0.15) is 18.0 Å². The molecule has 128 valence electrons. The molecule has 0 spiro atoms. The molecule has 1 aliphatic rings. The van der Waals surface area contributed by atoms with E-state index >= 15 is 0 Å². The third-order valence-corrected chi connectivity index (χ3v) is 4.27. The summed E-state index contributed by atoms with van der Waals surface area (Å²) >= 11 is 0. The van der Waals surface area contributed by atoms with Gasteiger partial charge in [-0.1, -0.05) is 48.5 Å². The molecule has 2 aromatic carbocycles. The molecule has 0 bridgehead atoms. The largest absolute Gasteiger partial charge is 0.368 e. The summed E-state index contributed by atoms with van der Waals surface area (Å²) in [5.41, 5.74) is 6.81. The molecule has 1 saturated heterocycles. The first-order chi connectivity index (χ1) is 12.1. The lowest BCUT2D eigenvalue weighted by Gasteiger charge is -2.19. The first-order valence-corrected chi connectivity index (χ1v) is 8.06. The van der Waals surface area contributed by atoms with Crippen LogP contribution in [0.2, 0.25) is 0 Å². The molecule has 6 heteroatoms. The normalized spacial score (nSPS) is 18.0. The molecule has 0 radical (unpaired) electrons. The highest BCUT2D eigenvalue weighted by Crippen LogP contribution is 2.25. The van der Waals surface area contributed by atoms with Gasteiger partial charge in [-0.3, -0.25) is 14.4 Å². The first-order valence-electron chi connectivity index (χ1n) is 8.06. The minimum Gasteiger partial charge on any atom is -0.368 e. The van der Waals surface area contributed by atoms with Crippen LogP contribution in [-0.4, -0.2) is 24.3 Å². The Hall–Kier alpha value is -3.15. The highest BCUT2D eigenvalue weighted by molar-refractivity contribution is 6.01. The van der Waals surface area contributed by atoms with Crippen molar-refractivity contribution in [3.05, 3.63) is 66.2 Å². The van der Waals surface area contributed by atoms with Gasteiger partial charge in [0.2, 0.25) is 17.7 Å². The maximum Gasteiger partial charge on any atom is 0.244 e. The summed E-state index contributed by atoms with van der Waals surface area (Å²) in [4.78, 5) is 38.1. The third-order valence-electron chi connectivity index (χ3n) is 4.27. The van der Waals surface area contributed by atoms with Crippen molar-refractivity contribution >= 4 is 23.4 Å². The molecule has 2 aromatic rings.